The van der Waals surface area contributed by atoms with Gasteiger partial charge >= 0.3 is 0 Å². The third-order valence-corrected chi connectivity index (χ3v) is 7.37. The Bertz CT molecular complexity index is 1370. The topological polar surface area (TPSA) is 53.5 Å². The van der Waals surface area contributed by atoms with Crippen LogP contribution < -0.4 is 19.9 Å². The highest BCUT2D eigenvalue weighted by Gasteiger charge is 2.26. The molecule has 1 aromatic heterocycles. The summed E-state index contributed by atoms with van der Waals surface area (Å²) in [6, 6.07) is 9.88. The van der Waals surface area contributed by atoms with Crippen molar-refractivity contribution in [2.45, 2.75) is 32.7 Å². The number of allylic oxidation sites excluding steroid dienone is 1. The summed E-state index contributed by atoms with van der Waals surface area (Å²) < 4.78 is 35.5. The Hall–Kier alpha value is -3.52. The second-order valence-corrected chi connectivity index (χ2v) is 10.2. The number of benzene rings is 2. The molecule has 2 aliphatic heterocycles. The van der Waals surface area contributed by atoms with Gasteiger partial charge in [-0.25, -0.2) is 18.7 Å². The molecule has 0 saturated carbocycles. The van der Waals surface area contributed by atoms with Crippen molar-refractivity contribution >= 4 is 17.5 Å². The summed E-state index contributed by atoms with van der Waals surface area (Å²) in [6.45, 7) is 9.18. The van der Waals surface area contributed by atoms with E-state index in [0.29, 0.717) is 36.6 Å². The van der Waals surface area contributed by atoms with Crippen molar-refractivity contribution in [1.29, 1.82) is 0 Å². The first-order chi connectivity index (χ1) is 18.0. The molecule has 1 aliphatic carbocycles. The van der Waals surface area contributed by atoms with E-state index in [4.69, 9.17) is 4.74 Å². The molecule has 1 fully saturated rings. The predicted octanol–water partition coefficient (Wildman–Crippen LogP) is 4.62. The molecular weight excluding hydrogens is 472 g/mol. The zero-order valence-corrected chi connectivity index (χ0v) is 21.2. The number of fused-ring (bicyclic) bond motifs is 2. The maximum atomic E-state index is 15.0. The number of halogens is 2. The second kappa shape index (κ2) is 9.74. The second-order valence-electron chi connectivity index (χ2n) is 10.2. The van der Waals surface area contributed by atoms with Crippen LogP contribution in [0.1, 0.15) is 30.8 Å². The molecule has 192 valence electrons. The minimum Gasteiger partial charge on any atom is -0.486 e. The molecule has 3 aliphatic rings. The van der Waals surface area contributed by atoms with Gasteiger partial charge in [0.25, 0.3) is 0 Å². The number of nitrogens with one attached hydrogen (secondary N) is 1. The number of ether oxygens (including phenoxy) is 1. The monoisotopic (exact) mass is 503 g/mol. The highest BCUT2D eigenvalue weighted by molar-refractivity contribution is 5.73. The maximum Gasteiger partial charge on any atom is 0.178 e. The van der Waals surface area contributed by atoms with E-state index in [1.54, 1.807) is 6.07 Å². The van der Waals surface area contributed by atoms with Crippen LogP contribution in [0.5, 0.6) is 5.75 Å². The van der Waals surface area contributed by atoms with Crippen LogP contribution >= 0.6 is 0 Å². The van der Waals surface area contributed by atoms with E-state index in [1.807, 2.05) is 13.8 Å². The van der Waals surface area contributed by atoms with E-state index < -0.39 is 11.6 Å². The van der Waals surface area contributed by atoms with Crippen LogP contribution in [0.15, 0.2) is 42.1 Å². The number of rotatable bonds is 5. The number of piperazine rings is 1. The summed E-state index contributed by atoms with van der Waals surface area (Å²) in [5.74, 6) is -0.341. The summed E-state index contributed by atoms with van der Waals surface area (Å²) in [5, 5.41) is 3.39. The van der Waals surface area contributed by atoms with E-state index in [-0.39, 0.29) is 17.5 Å². The largest absolute Gasteiger partial charge is 0.486 e. The Morgan fingerprint density at radius 2 is 1.89 bits per heavy atom. The van der Waals surface area contributed by atoms with E-state index in [1.165, 1.54) is 34.7 Å². The smallest absolute Gasteiger partial charge is 0.178 e. The first-order valence-corrected chi connectivity index (χ1v) is 13.0. The molecule has 8 heteroatoms. The van der Waals surface area contributed by atoms with Crippen LogP contribution in [0.25, 0.3) is 17.3 Å². The lowest BCUT2D eigenvalue weighted by molar-refractivity contribution is 0.287. The van der Waals surface area contributed by atoms with Crippen molar-refractivity contribution in [3.8, 4) is 17.0 Å². The van der Waals surface area contributed by atoms with Gasteiger partial charge in [0.15, 0.2) is 17.4 Å². The molecule has 3 aromatic rings. The normalized spacial score (nSPS) is 16.9. The van der Waals surface area contributed by atoms with Gasteiger partial charge in [-0.15, -0.1) is 0 Å². The predicted molar refractivity (Wildman–Crippen MR) is 142 cm³/mol. The van der Waals surface area contributed by atoms with Crippen LogP contribution in [-0.2, 0) is 12.8 Å². The van der Waals surface area contributed by atoms with Gasteiger partial charge in [0.1, 0.15) is 18.1 Å². The molecule has 2 aromatic carbocycles. The van der Waals surface area contributed by atoms with Gasteiger partial charge in [-0.1, -0.05) is 17.7 Å². The average Bonchev–Trinajstić information content (AvgIpc) is 3.31. The molecule has 0 amide bonds. The molecule has 6 nitrogen and oxygen atoms in total. The number of hydrogen-bond acceptors (Lipinski definition) is 6. The van der Waals surface area contributed by atoms with Gasteiger partial charge in [0.05, 0.1) is 18.4 Å². The lowest BCUT2D eigenvalue weighted by atomic mass is 10.1. The van der Waals surface area contributed by atoms with Crippen molar-refractivity contribution in [2.75, 3.05) is 49.1 Å². The highest BCUT2D eigenvalue weighted by Crippen LogP contribution is 2.39. The molecule has 3 heterocycles. The fourth-order valence-corrected chi connectivity index (χ4v) is 5.50. The Labute approximate surface area is 216 Å². The maximum absolute atomic E-state index is 15.0. The van der Waals surface area contributed by atoms with Crippen molar-refractivity contribution < 1.29 is 13.5 Å². The zero-order valence-electron chi connectivity index (χ0n) is 21.2. The quantitative estimate of drug-likeness (QED) is 0.549. The number of nitrogens with zero attached hydrogens (tertiary/aromatic N) is 4. The molecule has 1 N–H and O–H groups in total. The standard InChI is InChI=1S/C29H31F2N5O/c1-18(2)36-9-10-37-29-24(30)15-22(16-26(29)36)28-25(31)17-33-27(34-28)13-19-11-20-3-4-23(14-21(20)12-19)35-7-5-32-6-8-35/h3-4,11,14-18,32H,5-10,12-13H2,1-2H3. The molecule has 37 heavy (non-hydrogen) atoms. The van der Waals surface area contributed by atoms with Crippen LogP contribution in [0, 0.1) is 11.6 Å². The first kappa shape index (κ1) is 23.9. The van der Waals surface area contributed by atoms with Crippen molar-refractivity contribution in [3.05, 3.63) is 70.7 Å². The fourth-order valence-electron chi connectivity index (χ4n) is 5.50. The summed E-state index contributed by atoms with van der Waals surface area (Å²) in [5.41, 5.74) is 6.06. The highest BCUT2D eigenvalue weighted by atomic mass is 19.1. The van der Waals surface area contributed by atoms with Crippen LogP contribution in [-0.4, -0.2) is 55.3 Å². The molecular formula is C29H31F2N5O. The zero-order chi connectivity index (χ0) is 25.5. The fraction of sp³-hybridized carbons (Fsp3) is 0.379. The molecule has 0 bridgehead atoms. The minimum atomic E-state index is -0.569. The van der Waals surface area contributed by atoms with Gasteiger partial charge in [0.2, 0.25) is 0 Å². The summed E-state index contributed by atoms with van der Waals surface area (Å²) >= 11 is 0. The molecule has 1 saturated heterocycles. The average molecular weight is 504 g/mol. The van der Waals surface area contributed by atoms with E-state index in [2.05, 4.69) is 49.4 Å². The first-order valence-electron chi connectivity index (χ1n) is 13.0. The Morgan fingerprint density at radius 1 is 1.05 bits per heavy atom. The number of hydrogen-bond donors (Lipinski definition) is 1. The third kappa shape index (κ3) is 4.66. The van der Waals surface area contributed by atoms with Crippen LogP contribution in [0.4, 0.5) is 20.2 Å². The van der Waals surface area contributed by atoms with Gasteiger partial charge < -0.3 is 19.9 Å². The van der Waals surface area contributed by atoms with Crippen molar-refractivity contribution in [3.63, 3.8) is 0 Å². The van der Waals surface area contributed by atoms with Crippen molar-refractivity contribution in [2.24, 2.45) is 0 Å². The van der Waals surface area contributed by atoms with Crippen molar-refractivity contribution in [1.82, 2.24) is 15.3 Å². The minimum absolute atomic E-state index is 0.109. The lowest BCUT2D eigenvalue weighted by Crippen LogP contribution is -2.43. The van der Waals surface area contributed by atoms with Gasteiger partial charge in [-0.2, -0.15) is 0 Å². The molecule has 0 radical (unpaired) electrons. The molecule has 0 atom stereocenters. The molecule has 6 rings (SSSR count). The molecule has 0 unspecified atom stereocenters. The summed E-state index contributed by atoms with van der Waals surface area (Å²) in [4.78, 5) is 13.3. The Kier molecular flexibility index (Phi) is 6.28. The van der Waals surface area contributed by atoms with Gasteiger partial charge in [-0.3, -0.25) is 0 Å². The lowest BCUT2D eigenvalue weighted by Gasteiger charge is -2.34. The van der Waals surface area contributed by atoms with E-state index >= 15 is 0 Å². The van der Waals surface area contributed by atoms with Crippen LogP contribution in [0.2, 0.25) is 0 Å². The van der Waals surface area contributed by atoms with Gasteiger partial charge in [-0.05, 0) is 55.7 Å². The molecule has 0 spiro atoms. The number of aromatic nitrogens is 2. The number of anilines is 2. The van der Waals surface area contributed by atoms with E-state index in [0.717, 1.165) is 32.6 Å². The Balaban J connectivity index is 1.24. The SMILES string of the molecule is CC(C)N1CCOc2c(F)cc(-c3nc(CC4=Cc5ccc(N6CCNCC6)cc5C4)ncc3F)cc21. The summed E-state index contributed by atoms with van der Waals surface area (Å²) in [7, 11) is 0. The van der Waals surface area contributed by atoms with Gasteiger partial charge in [0, 0.05) is 49.9 Å². The van der Waals surface area contributed by atoms with Crippen LogP contribution in [0.3, 0.4) is 0 Å². The third-order valence-electron chi connectivity index (χ3n) is 7.37. The van der Waals surface area contributed by atoms with E-state index in [9.17, 15) is 8.78 Å². The Morgan fingerprint density at radius 3 is 2.70 bits per heavy atom. The summed E-state index contributed by atoms with van der Waals surface area (Å²) in [6.07, 6.45) is 4.70.